The van der Waals surface area contributed by atoms with E-state index in [0.717, 1.165) is 61.3 Å². The third kappa shape index (κ3) is 5.71. The van der Waals surface area contributed by atoms with Gasteiger partial charge in [-0.3, -0.25) is 0 Å². The van der Waals surface area contributed by atoms with Crippen LogP contribution >= 0.6 is 0 Å². The van der Waals surface area contributed by atoms with E-state index < -0.39 is 0 Å². The van der Waals surface area contributed by atoms with Gasteiger partial charge in [-0.05, 0) is 80.7 Å². The van der Waals surface area contributed by atoms with E-state index in [1.165, 1.54) is 33.0 Å². The lowest BCUT2D eigenvalue weighted by molar-refractivity contribution is 0.670. The first-order valence-corrected chi connectivity index (χ1v) is 18.4. The number of nitrogens with zero attached hydrogens (tertiary/aromatic N) is 1. The smallest absolute Gasteiger partial charge is 0.143 e. The SMILES string of the molecule is c1ccc(-c2ccc(-c3ccc(N(c4cccc(-c5ccc(-c6cccc7c6oc6ccccc67)cc5)c4)c4cccc5ccccc45)cc3)cc2)cc1. The topological polar surface area (TPSA) is 16.4 Å². The third-order valence-electron chi connectivity index (χ3n) is 10.5. The van der Waals surface area contributed by atoms with E-state index in [0.29, 0.717) is 0 Å². The number of rotatable bonds is 7. The Labute approximate surface area is 314 Å². The number of benzene rings is 9. The van der Waals surface area contributed by atoms with Crippen LogP contribution < -0.4 is 4.90 Å². The van der Waals surface area contributed by atoms with Crippen molar-refractivity contribution in [3.05, 3.63) is 212 Å². The van der Waals surface area contributed by atoms with Crippen molar-refractivity contribution in [3.63, 3.8) is 0 Å². The molecule has 0 unspecified atom stereocenters. The van der Waals surface area contributed by atoms with Gasteiger partial charge in [0.15, 0.2) is 0 Å². The molecule has 10 rings (SSSR count). The Morgan fingerprint density at radius 2 is 0.833 bits per heavy atom. The largest absolute Gasteiger partial charge is 0.455 e. The summed E-state index contributed by atoms with van der Waals surface area (Å²) in [4.78, 5) is 2.38. The molecule has 0 saturated heterocycles. The van der Waals surface area contributed by atoms with Crippen molar-refractivity contribution in [2.45, 2.75) is 0 Å². The second kappa shape index (κ2) is 13.4. The normalized spacial score (nSPS) is 11.3. The summed E-state index contributed by atoms with van der Waals surface area (Å²) < 4.78 is 6.36. The fourth-order valence-corrected chi connectivity index (χ4v) is 7.76. The summed E-state index contributed by atoms with van der Waals surface area (Å²) in [5.41, 5.74) is 14.5. The predicted octanol–water partition coefficient (Wildman–Crippen LogP) is 14.9. The van der Waals surface area contributed by atoms with Crippen LogP contribution in [0.2, 0.25) is 0 Å². The van der Waals surface area contributed by atoms with Gasteiger partial charge in [0.1, 0.15) is 11.2 Å². The molecule has 0 aliphatic carbocycles. The number of hydrogen-bond acceptors (Lipinski definition) is 2. The highest BCUT2D eigenvalue weighted by Gasteiger charge is 2.17. The van der Waals surface area contributed by atoms with Crippen molar-refractivity contribution < 1.29 is 4.42 Å². The lowest BCUT2D eigenvalue weighted by atomic mass is 9.98. The van der Waals surface area contributed by atoms with Gasteiger partial charge < -0.3 is 9.32 Å². The Morgan fingerprint density at radius 3 is 1.59 bits per heavy atom. The molecule has 0 amide bonds. The fourth-order valence-electron chi connectivity index (χ4n) is 7.76. The molecule has 0 bridgehead atoms. The van der Waals surface area contributed by atoms with E-state index in [9.17, 15) is 0 Å². The highest BCUT2D eigenvalue weighted by Crippen LogP contribution is 2.41. The van der Waals surface area contributed by atoms with Crippen LogP contribution in [0.1, 0.15) is 0 Å². The number of anilines is 3. The molecule has 54 heavy (non-hydrogen) atoms. The van der Waals surface area contributed by atoms with E-state index in [2.05, 4.69) is 205 Å². The Balaban J connectivity index is 1.01. The van der Waals surface area contributed by atoms with E-state index in [1.807, 2.05) is 12.1 Å². The number of fused-ring (bicyclic) bond motifs is 4. The van der Waals surface area contributed by atoms with Gasteiger partial charge in [-0.15, -0.1) is 0 Å². The van der Waals surface area contributed by atoms with Crippen LogP contribution in [0, 0.1) is 0 Å². The standard InChI is InChI=1S/C52H35NO/c1-2-11-36(12-3-1)37-23-25-38(26-24-37)39-31-33-44(34-32-39)53(50-21-9-14-41-13-4-5-17-46(41)50)45-16-8-15-43(35-45)40-27-29-42(30-28-40)47-19-10-20-49-48-18-6-7-22-51(48)54-52(47)49/h1-35H. The molecule has 0 aliphatic rings. The maximum Gasteiger partial charge on any atom is 0.143 e. The minimum Gasteiger partial charge on any atom is -0.455 e. The van der Waals surface area contributed by atoms with Crippen molar-refractivity contribution in [1.29, 1.82) is 0 Å². The minimum atomic E-state index is 0.913. The van der Waals surface area contributed by atoms with Crippen LogP contribution in [0.25, 0.3) is 77.2 Å². The van der Waals surface area contributed by atoms with Crippen LogP contribution in [-0.4, -0.2) is 0 Å². The lowest BCUT2D eigenvalue weighted by Gasteiger charge is -2.27. The minimum absolute atomic E-state index is 0.913. The number of furan rings is 1. The van der Waals surface area contributed by atoms with Crippen molar-refractivity contribution in [3.8, 4) is 44.5 Å². The molecule has 10 aromatic rings. The van der Waals surface area contributed by atoms with Crippen LogP contribution in [0.3, 0.4) is 0 Å². The third-order valence-corrected chi connectivity index (χ3v) is 10.5. The van der Waals surface area contributed by atoms with Gasteiger partial charge in [0.05, 0.1) is 5.69 Å². The first-order valence-electron chi connectivity index (χ1n) is 18.4. The Morgan fingerprint density at radius 1 is 0.315 bits per heavy atom. The van der Waals surface area contributed by atoms with Gasteiger partial charge in [-0.2, -0.15) is 0 Å². The molecule has 0 fully saturated rings. The van der Waals surface area contributed by atoms with Gasteiger partial charge in [0.25, 0.3) is 0 Å². The molecule has 0 spiro atoms. The molecule has 1 aromatic heterocycles. The lowest BCUT2D eigenvalue weighted by Crippen LogP contribution is -2.10. The Bertz CT molecular complexity index is 2900. The average Bonchev–Trinajstić information content (AvgIpc) is 3.64. The molecule has 0 atom stereocenters. The van der Waals surface area contributed by atoms with Crippen molar-refractivity contribution in [1.82, 2.24) is 0 Å². The highest BCUT2D eigenvalue weighted by atomic mass is 16.3. The van der Waals surface area contributed by atoms with Crippen LogP contribution in [0.4, 0.5) is 17.1 Å². The summed E-state index contributed by atoms with van der Waals surface area (Å²) in [7, 11) is 0. The summed E-state index contributed by atoms with van der Waals surface area (Å²) in [5, 5.41) is 4.70. The first kappa shape index (κ1) is 31.6. The summed E-state index contributed by atoms with van der Waals surface area (Å²) in [6, 6.07) is 75.9. The number of hydrogen-bond donors (Lipinski definition) is 0. The summed E-state index contributed by atoms with van der Waals surface area (Å²) >= 11 is 0. The second-order valence-corrected chi connectivity index (χ2v) is 13.7. The Hall–Kier alpha value is -7.16. The van der Waals surface area contributed by atoms with Gasteiger partial charge in [0.2, 0.25) is 0 Å². The highest BCUT2D eigenvalue weighted by molar-refractivity contribution is 6.09. The van der Waals surface area contributed by atoms with Crippen LogP contribution in [0.5, 0.6) is 0 Å². The van der Waals surface area contributed by atoms with Crippen LogP contribution in [0.15, 0.2) is 217 Å². The van der Waals surface area contributed by atoms with E-state index in [4.69, 9.17) is 4.42 Å². The molecule has 0 aliphatic heterocycles. The summed E-state index contributed by atoms with van der Waals surface area (Å²) in [6.07, 6.45) is 0. The van der Waals surface area contributed by atoms with Crippen molar-refractivity contribution >= 4 is 49.8 Å². The van der Waals surface area contributed by atoms with E-state index >= 15 is 0 Å². The predicted molar refractivity (Wildman–Crippen MR) is 228 cm³/mol. The van der Waals surface area contributed by atoms with Crippen molar-refractivity contribution in [2.24, 2.45) is 0 Å². The molecule has 254 valence electrons. The molecule has 0 N–H and O–H groups in total. The van der Waals surface area contributed by atoms with Gasteiger partial charge in [0, 0.05) is 33.1 Å². The van der Waals surface area contributed by atoms with Gasteiger partial charge in [-0.25, -0.2) is 0 Å². The average molecular weight is 690 g/mol. The van der Waals surface area contributed by atoms with Gasteiger partial charge >= 0.3 is 0 Å². The molecule has 1 heterocycles. The Kier molecular flexibility index (Phi) is 7.85. The van der Waals surface area contributed by atoms with Crippen LogP contribution in [-0.2, 0) is 0 Å². The van der Waals surface area contributed by atoms with Gasteiger partial charge in [-0.1, -0.05) is 176 Å². The zero-order chi connectivity index (χ0) is 35.8. The van der Waals surface area contributed by atoms with E-state index in [1.54, 1.807) is 0 Å². The molecule has 2 nitrogen and oxygen atoms in total. The quantitative estimate of drug-likeness (QED) is 0.166. The van der Waals surface area contributed by atoms with E-state index in [-0.39, 0.29) is 0 Å². The maximum absolute atomic E-state index is 6.36. The molecule has 2 heteroatoms. The maximum atomic E-state index is 6.36. The molecular weight excluding hydrogens is 655 g/mol. The zero-order valence-corrected chi connectivity index (χ0v) is 29.6. The molecule has 0 radical (unpaired) electrons. The fraction of sp³-hybridized carbons (Fsp3) is 0. The molecular formula is C52H35NO. The molecule has 0 saturated carbocycles. The summed E-state index contributed by atoms with van der Waals surface area (Å²) in [5.74, 6) is 0. The van der Waals surface area contributed by atoms with Crippen molar-refractivity contribution in [2.75, 3.05) is 4.90 Å². The monoisotopic (exact) mass is 689 g/mol. The second-order valence-electron chi connectivity index (χ2n) is 13.7. The summed E-state index contributed by atoms with van der Waals surface area (Å²) in [6.45, 7) is 0. The molecule has 9 aromatic carbocycles. The zero-order valence-electron chi connectivity index (χ0n) is 29.6. The number of para-hydroxylation sites is 2. The first-order chi connectivity index (χ1) is 26.8.